The van der Waals surface area contributed by atoms with E-state index in [9.17, 15) is 0 Å². The van der Waals surface area contributed by atoms with Crippen LogP contribution in [0, 0.1) is 10.7 Å². The van der Waals surface area contributed by atoms with Crippen LogP contribution in [-0.4, -0.2) is 26.6 Å². The molecule has 2 aromatic rings. The molecule has 1 saturated carbocycles. The van der Waals surface area contributed by atoms with E-state index in [1.807, 2.05) is 0 Å². The number of imidazole rings is 1. The van der Waals surface area contributed by atoms with Crippen LogP contribution in [-0.2, 0) is 0 Å². The van der Waals surface area contributed by atoms with Crippen LogP contribution < -0.4 is 4.74 Å². The standard InChI is InChI=1S/C10H12N4OS/c1-5-3-6(5)14-8-7(13-10(14)16)9(15-2)12-4-11-8/h4-6H,3H2,1-2H3,(H,13,16). The van der Waals surface area contributed by atoms with Crippen LogP contribution in [0.1, 0.15) is 19.4 Å². The van der Waals surface area contributed by atoms with Crippen molar-refractivity contribution < 1.29 is 4.74 Å². The van der Waals surface area contributed by atoms with E-state index in [4.69, 9.17) is 17.0 Å². The molecule has 1 N–H and O–H groups in total. The number of ether oxygens (including phenoxy) is 1. The number of hydrogen-bond acceptors (Lipinski definition) is 4. The maximum atomic E-state index is 5.31. The van der Waals surface area contributed by atoms with Crippen molar-refractivity contribution in [2.45, 2.75) is 19.4 Å². The number of methoxy groups -OCH3 is 1. The van der Waals surface area contributed by atoms with E-state index in [1.54, 1.807) is 7.11 Å². The van der Waals surface area contributed by atoms with E-state index in [0.717, 1.165) is 17.6 Å². The Morgan fingerprint density at radius 2 is 2.31 bits per heavy atom. The first kappa shape index (κ1) is 9.77. The normalized spacial score (nSPS) is 23.6. The molecule has 5 nitrogen and oxygen atoms in total. The fraction of sp³-hybridized carbons (Fsp3) is 0.500. The second-order valence-corrected chi connectivity index (χ2v) is 4.55. The molecule has 16 heavy (non-hydrogen) atoms. The lowest BCUT2D eigenvalue weighted by molar-refractivity contribution is 0.401. The molecule has 0 spiro atoms. The number of H-pyrrole nitrogens is 1. The van der Waals surface area contributed by atoms with Gasteiger partial charge in [0.05, 0.1) is 7.11 Å². The Morgan fingerprint density at radius 3 is 2.94 bits per heavy atom. The lowest BCUT2D eigenvalue weighted by Gasteiger charge is -2.02. The summed E-state index contributed by atoms with van der Waals surface area (Å²) in [4.78, 5) is 11.5. The van der Waals surface area contributed by atoms with Gasteiger partial charge < -0.3 is 9.72 Å². The fourth-order valence-corrected chi connectivity index (χ4v) is 2.36. The summed E-state index contributed by atoms with van der Waals surface area (Å²) in [6, 6.07) is 0.473. The minimum atomic E-state index is 0.473. The van der Waals surface area contributed by atoms with Crippen LogP contribution in [0.2, 0.25) is 0 Å². The van der Waals surface area contributed by atoms with Crippen molar-refractivity contribution in [3.63, 3.8) is 0 Å². The zero-order chi connectivity index (χ0) is 11.3. The number of fused-ring (bicyclic) bond motifs is 1. The van der Waals surface area contributed by atoms with Crippen LogP contribution in [0.25, 0.3) is 11.2 Å². The summed E-state index contributed by atoms with van der Waals surface area (Å²) in [5.41, 5.74) is 1.63. The topological polar surface area (TPSA) is 55.7 Å². The molecular formula is C10H12N4OS. The number of aromatic amines is 1. The van der Waals surface area contributed by atoms with Gasteiger partial charge in [-0.05, 0) is 24.6 Å². The first-order valence-electron chi connectivity index (χ1n) is 5.21. The Hall–Kier alpha value is -1.43. The van der Waals surface area contributed by atoms with Crippen LogP contribution in [0.4, 0.5) is 0 Å². The lowest BCUT2D eigenvalue weighted by atomic mass is 10.4. The SMILES string of the molecule is COc1ncnc2c1[nH]c(=S)n2C1CC1C. The van der Waals surface area contributed by atoms with Crippen molar-refractivity contribution in [3.8, 4) is 5.88 Å². The Morgan fingerprint density at radius 1 is 1.56 bits per heavy atom. The number of aromatic nitrogens is 4. The third kappa shape index (κ3) is 1.26. The molecule has 2 heterocycles. The van der Waals surface area contributed by atoms with Gasteiger partial charge in [-0.15, -0.1) is 0 Å². The van der Waals surface area contributed by atoms with Gasteiger partial charge in [0.25, 0.3) is 0 Å². The predicted octanol–water partition coefficient (Wildman–Crippen LogP) is 2.08. The molecule has 0 radical (unpaired) electrons. The van der Waals surface area contributed by atoms with Gasteiger partial charge in [-0.2, -0.15) is 4.98 Å². The molecule has 1 fully saturated rings. The monoisotopic (exact) mass is 236 g/mol. The summed E-state index contributed by atoms with van der Waals surface area (Å²) in [5, 5.41) is 0. The summed E-state index contributed by atoms with van der Waals surface area (Å²) < 4.78 is 7.95. The summed E-state index contributed by atoms with van der Waals surface area (Å²) >= 11 is 5.31. The average Bonchev–Trinajstić information content (AvgIpc) is 2.88. The minimum absolute atomic E-state index is 0.473. The van der Waals surface area contributed by atoms with Gasteiger partial charge in [-0.1, -0.05) is 6.92 Å². The molecular weight excluding hydrogens is 224 g/mol. The first-order valence-corrected chi connectivity index (χ1v) is 5.62. The molecule has 1 aliphatic rings. The van der Waals surface area contributed by atoms with Crippen molar-refractivity contribution in [1.82, 2.24) is 19.5 Å². The zero-order valence-electron chi connectivity index (χ0n) is 9.10. The lowest BCUT2D eigenvalue weighted by Crippen LogP contribution is -1.98. The first-order chi connectivity index (χ1) is 7.72. The van der Waals surface area contributed by atoms with E-state index in [1.165, 1.54) is 6.33 Å². The summed E-state index contributed by atoms with van der Waals surface area (Å²) in [5.74, 6) is 1.22. The van der Waals surface area contributed by atoms with Gasteiger partial charge in [-0.3, -0.25) is 4.57 Å². The Balaban J connectivity index is 2.29. The quantitative estimate of drug-likeness (QED) is 0.811. The second-order valence-electron chi connectivity index (χ2n) is 4.16. The maximum Gasteiger partial charge on any atom is 0.242 e. The highest BCUT2D eigenvalue weighted by Gasteiger charge is 2.36. The molecule has 0 bridgehead atoms. The number of nitrogens with one attached hydrogen (secondary N) is 1. The van der Waals surface area contributed by atoms with Crippen molar-refractivity contribution in [3.05, 3.63) is 11.1 Å². The third-order valence-electron chi connectivity index (χ3n) is 3.06. The second kappa shape index (κ2) is 3.28. The number of hydrogen-bond donors (Lipinski definition) is 1. The molecule has 6 heteroatoms. The van der Waals surface area contributed by atoms with Gasteiger partial charge in [0.15, 0.2) is 10.4 Å². The highest BCUT2D eigenvalue weighted by molar-refractivity contribution is 7.71. The van der Waals surface area contributed by atoms with E-state index < -0.39 is 0 Å². The van der Waals surface area contributed by atoms with Crippen LogP contribution in [0.3, 0.4) is 0 Å². The van der Waals surface area contributed by atoms with Crippen LogP contribution in [0.5, 0.6) is 5.88 Å². The van der Waals surface area contributed by atoms with Gasteiger partial charge in [0.1, 0.15) is 11.8 Å². The molecule has 0 aliphatic heterocycles. The third-order valence-corrected chi connectivity index (χ3v) is 3.36. The molecule has 1 aliphatic carbocycles. The fourth-order valence-electron chi connectivity index (χ4n) is 2.04. The molecule has 0 amide bonds. The van der Waals surface area contributed by atoms with Crippen molar-refractivity contribution in [1.29, 1.82) is 0 Å². The highest BCUT2D eigenvalue weighted by atomic mass is 32.1. The molecule has 0 saturated heterocycles. The predicted molar refractivity (Wildman–Crippen MR) is 62.1 cm³/mol. The maximum absolute atomic E-state index is 5.31. The molecule has 2 aromatic heterocycles. The van der Waals surface area contributed by atoms with Gasteiger partial charge in [-0.25, -0.2) is 4.98 Å². The minimum Gasteiger partial charge on any atom is -0.479 e. The molecule has 84 valence electrons. The summed E-state index contributed by atoms with van der Waals surface area (Å²) in [6.07, 6.45) is 2.67. The van der Waals surface area contributed by atoms with Crippen molar-refractivity contribution in [2.75, 3.05) is 7.11 Å². The van der Waals surface area contributed by atoms with Crippen molar-refractivity contribution >= 4 is 23.4 Å². The highest BCUT2D eigenvalue weighted by Crippen LogP contribution is 2.44. The smallest absolute Gasteiger partial charge is 0.242 e. The molecule has 2 unspecified atom stereocenters. The summed E-state index contributed by atoms with van der Waals surface area (Å²) in [6.45, 7) is 2.21. The largest absolute Gasteiger partial charge is 0.479 e. The molecule has 0 aromatic carbocycles. The van der Waals surface area contributed by atoms with Crippen LogP contribution in [0.15, 0.2) is 6.33 Å². The zero-order valence-corrected chi connectivity index (χ0v) is 9.91. The summed E-state index contributed by atoms with van der Waals surface area (Å²) in [7, 11) is 1.59. The molecule has 3 rings (SSSR count). The Bertz CT molecular complexity index is 602. The van der Waals surface area contributed by atoms with Gasteiger partial charge >= 0.3 is 0 Å². The van der Waals surface area contributed by atoms with E-state index in [2.05, 4.69) is 26.4 Å². The van der Waals surface area contributed by atoms with Gasteiger partial charge in [0, 0.05) is 6.04 Å². The molecule has 2 atom stereocenters. The van der Waals surface area contributed by atoms with Crippen LogP contribution >= 0.6 is 12.2 Å². The Kier molecular flexibility index (Phi) is 2.00. The number of rotatable bonds is 2. The average molecular weight is 236 g/mol. The van der Waals surface area contributed by atoms with Gasteiger partial charge in [0.2, 0.25) is 5.88 Å². The number of nitrogens with zero attached hydrogens (tertiary/aromatic N) is 3. The van der Waals surface area contributed by atoms with E-state index >= 15 is 0 Å². The van der Waals surface area contributed by atoms with E-state index in [-0.39, 0.29) is 0 Å². The van der Waals surface area contributed by atoms with E-state index in [0.29, 0.717) is 22.6 Å². The Labute approximate surface area is 97.5 Å². The van der Waals surface area contributed by atoms with Crippen molar-refractivity contribution in [2.24, 2.45) is 5.92 Å².